The summed E-state index contributed by atoms with van der Waals surface area (Å²) in [5.74, 6) is 0. The summed E-state index contributed by atoms with van der Waals surface area (Å²) in [5, 5.41) is 8.06. The Morgan fingerprint density at radius 3 is 2.05 bits per heavy atom. The number of hydrogen-bond acceptors (Lipinski definition) is 3. The maximum absolute atomic E-state index is 8.06. The molecule has 0 aromatic carbocycles. The van der Waals surface area contributed by atoms with Crippen molar-refractivity contribution in [1.82, 2.24) is 4.98 Å². The molecule has 0 atom stereocenters. The molecular weight excluding hydrogens is 236 g/mol. The summed E-state index contributed by atoms with van der Waals surface area (Å²) in [6.07, 6.45) is 5.86. The van der Waals surface area contributed by atoms with Gasteiger partial charge in [-0.05, 0) is 52.2 Å². The molecule has 3 nitrogen and oxygen atoms in total. The second-order valence-electron chi connectivity index (χ2n) is 4.80. The maximum Gasteiger partial charge on any atom is 0.0552 e. The molecule has 0 amide bonds. The molecule has 1 aliphatic heterocycles. The fraction of sp³-hybridized carbons (Fsp3) is 0.688. The molecule has 0 spiro atoms. The first-order chi connectivity index (χ1) is 9.09. The quantitative estimate of drug-likeness (QED) is 0.840. The molecule has 0 saturated carbocycles. The number of rotatable bonds is 1. The summed E-state index contributed by atoms with van der Waals surface area (Å²) >= 11 is 0. The first-order valence-electron chi connectivity index (χ1n) is 7.45. The number of anilines is 1. The Morgan fingerprint density at radius 2 is 1.63 bits per heavy atom. The van der Waals surface area contributed by atoms with Crippen molar-refractivity contribution in [3.63, 3.8) is 0 Å². The normalized spacial score (nSPS) is 14.2. The molecule has 1 aromatic rings. The average Bonchev–Trinajstić information content (AvgIpc) is 2.42. The first kappa shape index (κ1) is 17.9. The third kappa shape index (κ3) is 8.60. The second kappa shape index (κ2) is 10.8. The van der Waals surface area contributed by atoms with Gasteiger partial charge >= 0.3 is 0 Å². The Hall–Kier alpha value is -1.09. The van der Waals surface area contributed by atoms with Crippen LogP contribution in [0.4, 0.5) is 5.69 Å². The lowest BCUT2D eigenvalue weighted by molar-refractivity contribution is 0.216. The van der Waals surface area contributed by atoms with Gasteiger partial charge in [-0.3, -0.25) is 4.98 Å². The monoisotopic (exact) mass is 266 g/mol. The van der Waals surface area contributed by atoms with Gasteiger partial charge in [0.15, 0.2) is 0 Å². The van der Waals surface area contributed by atoms with Crippen LogP contribution >= 0.6 is 0 Å². The lowest BCUT2D eigenvalue weighted by Crippen LogP contribution is -2.29. The van der Waals surface area contributed by atoms with E-state index in [1.54, 1.807) is 13.8 Å². The van der Waals surface area contributed by atoms with Crippen LogP contribution in [0.5, 0.6) is 0 Å². The highest BCUT2D eigenvalue weighted by Gasteiger charge is 2.10. The van der Waals surface area contributed by atoms with Crippen LogP contribution in [0.2, 0.25) is 0 Å². The zero-order chi connectivity index (χ0) is 14.7. The van der Waals surface area contributed by atoms with Gasteiger partial charge in [0.05, 0.1) is 11.9 Å². The molecule has 3 heteroatoms. The summed E-state index contributed by atoms with van der Waals surface area (Å²) in [5.41, 5.74) is 2.38. The van der Waals surface area contributed by atoms with Crippen LogP contribution in [0.3, 0.4) is 0 Å². The van der Waals surface area contributed by atoms with Crippen molar-refractivity contribution in [2.75, 3.05) is 18.0 Å². The van der Waals surface area contributed by atoms with Crippen LogP contribution in [0.1, 0.15) is 52.7 Å². The van der Waals surface area contributed by atoms with Crippen molar-refractivity contribution in [3.8, 4) is 0 Å². The molecule has 19 heavy (non-hydrogen) atoms. The minimum Gasteiger partial charge on any atom is -0.394 e. The Bertz CT molecular complexity index is 300. The minimum absolute atomic E-state index is 0.167. The number of hydrogen-bond donors (Lipinski definition) is 1. The number of aliphatic hydroxyl groups excluding tert-OH is 1. The summed E-state index contributed by atoms with van der Waals surface area (Å²) in [6, 6.07) is 4.26. The number of aryl methyl sites for hydroxylation is 1. The summed E-state index contributed by atoms with van der Waals surface area (Å²) < 4.78 is 0. The zero-order valence-corrected chi connectivity index (χ0v) is 13.2. The molecule has 0 radical (unpaired) electrons. The number of pyridine rings is 1. The van der Waals surface area contributed by atoms with Crippen LogP contribution in [-0.4, -0.2) is 29.3 Å². The van der Waals surface area contributed by atoms with Gasteiger partial charge in [0.1, 0.15) is 0 Å². The van der Waals surface area contributed by atoms with Gasteiger partial charge in [-0.25, -0.2) is 0 Å². The average molecular weight is 266 g/mol. The molecule has 1 aromatic heterocycles. The van der Waals surface area contributed by atoms with E-state index in [1.165, 1.54) is 38.0 Å². The van der Waals surface area contributed by atoms with Crippen LogP contribution in [0, 0.1) is 6.92 Å². The predicted octanol–water partition coefficient (Wildman–Crippen LogP) is 3.79. The maximum atomic E-state index is 8.06. The predicted molar refractivity (Wildman–Crippen MR) is 83.7 cm³/mol. The largest absolute Gasteiger partial charge is 0.394 e. The van der Waals surface area contributed by atoms with Crippen molar-refractivity contribution in [3.05, 3.63) is 24.0 Å². The third-order valence-corrected chi connectivity index (χ3v) is 2.62. The van der Waals surface area contributed by atoms with Gasteiger partial charge in [-0.15, -0.1) is 0 Å². The second-order valence-corrected chi connectivity index (χ2v) is 4.80. The summed E-state index contributed by atoms with van der Waals surface area (Å²) in [7, 11) is 0. The van der Waals surface area contributed by atoms with Gasteiger partial charge in [0.25, 0.3) is 0 Å². The topological polar surface area (TPSA) is 36.4 Å². The summed E-state index contributed by atoms with van der Waals surface area (Å²) in [4.78, 5) is 6.74. The van der Waals surface area contributed by atoms with E-state index in [9.17, 15) is 0 Å². The molecular formula is C16H30N2O. The molecule has 1 saturated heterocycles. The standard InChI is InChI=1S/C11H16N2.C3H8O.C2H6/c1-10-5-6-11(9-12-10)13-7-3-2-4-8-13;1-3(2)4;1-2/h5-6,9H,2-4,7-8H2,1H3;3-4H,1-2H3;1-2H3. The Kier molecular flexibility index (Phi) is 10.2. The van der Waals surface area contributed by atoms with E-state index in [2.05, 4.69) is 22.0 Å². The van der Waals surface area contributed by atoms with E-state index in [0.717, 1.165) is 5.69 Å². The third-order valence-electron chi connectivity index (χ3n) is 2.62. The molecule has 1 N–H and O–H groups in total. The number of aromatic nitrogens is 1. The van der Waals surface area contributed by atoms with E-state index in [0.29, 0.717) is 0 Å². The van der Waals surface area contributed by atoms with Crippen molar-refractivity contribution in [2.24, 2.45) is 0 Å². The highest BCUT2D eigenvalue weighted by Crippen LogP contribution is 2.18. The fourth-order valence-corrected chi connectivity index (χ4v) is 1.80. The van der Waals surface area contributed by atoms with E-state index in [-0.39, 0.29) is 6.10 Å². The van der Waals surface area contributed by atoms with Gasteiger partial charge in [-0.2, -0.15) is 0 Å². The van der Waals surface area contributed by atoms with Crippen molar-refractivity contribution in [2.45, 2.75) is 60.0 Å². The van der Waals surface area contributed by atoms with Gasteiger partial charge in [-0.1, -0.05) is 13.8 Å². The Labute approximate surface area is 118 Å². The highest BCUT2D eigenvalue weighted by molar-refractivity contribution is 5.44. The molecule has 2 heterocycles. The van der Waals surface area contributed by atoms with Crippen LogP contribution in [0.15, 0.2) is 18.3 Å². The van der Waals surface area contributed by atoms with Crippen molar-refractivity contribution >= 4 is 5.69 Å². The number of piperidine rings is 1. The minimum atomic E-state index is -0.167. The lowest BCUT2D eigenvalue weighted by Gasteiger charge is -2.28. The SMILES string of the molecule is CC.CC(C)O.Cc1ccc(N2CCCCC2)cn1. The molecule has 2 rings (SSSR count). The van der Waals surface area contributed by atoms with Gasteiger partial charge in [0, 0.05) is 24.9 Å². The van der Waals surface area contributed by atoms with Gasteiger partial charge in [0.2, 0.25) is 0 Å². The van der Waals surface area contributed by atoms with Crippen molar-refractivity contribution < 1.29 is 5.11 Å². The fourth-order valence-electron chi connectivity index (χ4n) is 1.80. The number of nitrogens with zero attached hydrogens (tertiary/aromatic N) is 2. The smallest absolute Gasteiger partial charge is 0.0552 e. The molecule has 0 aliphatic carbocycles. The lowest BCUT2D eigenvalue weighted by atomic mass is 10.1. The van der Waals surface area contributed by atoms with E-state index >= 15 is 0 Å². The van der Waals surface area contributed by atoms with E-state index < -0.39 is 0 Å². The van der Waals surface area contributed by atoms with Crippen molar-refractivity contribution in [1.29, 1.82) is 0 Å². The summed E-state index contributed by atoms with van der Waals surface area (Å²) in [6.45, 7) is 11.9. The van der Waals surface area contributed by atoms with E-state index in [1.807, 2.05) is 27.0 Å². The van der Waals surface area contributed by atoms with Crippen LogP contribution in [-0.2, 0) is 0 Å². The van der Waals surface area contributed by atoms with Crippen LogP contribution in [0.25, 0.3) is 0 Å². The molecule has 1 fully saturated rings. The zero-order valence-electron chi connectivity index (χ0n) is 13.2. The van der Waals surface area contributed by atoms with E-state index in [4.69, 9.17) is 5.11 Å². The van der Waals surface area contributed by atoms with Crippen LogP contribution < -0.4 is 4.90 Å². The molecule has 0 unspecified atom stereocenters. The number of aliphatic hydroxyl groups is 1. The molecule has 0 bridgehead atoms. The first-order valence-corrected chi connectivity index (χ1v) is 7.45. The highest BCUT2D eigenvalue weighted by atomic mass is 16.3. The Balaban J connectivity index is 0.000000467. The van der Waals surface area contributed by atoms with Gasteiger partial charge < -0.3 is 10.0 Å². The molecule has 1 aliphatic rings. The Morgan fingerprint density at radius 1 is 1.11 bits per heavy atom. The molecule has 110 valence electrons.